The van der Waals surface area contributed by atoms with Crippen LogP contribution in [0, 0.1) is 17.0 Å². The molecule has 0 spiro atoms. The maximum atomic E-state index is 10.9. The molecule has 0 saturated carbocycles. The average molecular weight is 266 g/mol. The number of hydrogen-bond acceptors (Lipinski definition) is 6. The van der Waals surface area contributed by atoms with Crippen LogP contribution < -0.4 is 5.32 Å². The van der Waals surface area contributed by atoms with Gasteiger partial charge in [0.2, 0.25) is 11.0 Å². The van der Waals surface area contributed by atoms with E-state index in [0.29, 0.717) is 5.82 Å². The highest BCUT2D eigenvalue weighted by Crippen LogP contribution is 2.29. The highest BCUT2D eigenvalue weighted by molar-refractivity contribution is 6.31. The van der Waals surface area contributed by atoms with E-state index in [1.54, 1.807) is 12.3 Å². The molecule has 18 heavy (non-hydrogen) atoms. The minimum atomic E-state index is -0.640. The summed E-state index contributed by atoms with van der Waals surface area (Å²) in [7, 11) is 0. The molecule has 2 aromatic rings. The van der Waals surface area contributed by atoms with Crippen LogP contribution in [0.5, 0.6) is 0 Å². The van der Waals surface area contributed by atoms with Crippen LogP contribution in [0.1, 0.15) is 5.56 Å². The number of nitrogens with zero attached hydrogens (tertiary/aromatic N) is 4. The van der Waals surface area contributed by atoms with Crippen LogP contribution in [0.3, 0.4) is 0 Å². The van der Waals surface area contributed by atoms with Gasteiger partial charge in [0.25, 0.3) is 0 Å². The van der Waals surface area contributed by atoms with Gasteiger partial charge in [-0.2, -0.15) is 0 Å². The van der Waals surface area contributed by atoms with Crippen LogP contribution in [-0.2, 0) is 0 Å². The molecule has 0 unspecified atom stereocenters. The Hall–Kier alpha value is -2.28. The monoisotopic (exact) mass is 265 g/mol. The lowest BCUT2D eigenvalue weighted by Crippen LogP contribution is -2.02. The van der Waals surface area contributed by atoms with Crippen molar-refractivity contribution in [1.29, 1.82) is 0 Å². The van der Waals surface area contributed by atoms with Gasteiger partial charge in [-0.3, -0.25) is 10.1 Å². The van der Waals surface area contributed by atoms with Crippen molar-refractivity contribution in [2.45, 2.75) is 6.92 Å². The summed E-state index contributed by atoms with van der Waals surface area (Å²) in [6.45, 7) is 1.89. The minimum Gasteiger partial charge on any atom is -0.319 e. The summed E-state index contributed by atoms with van der Waals surface area (Å²) in [6, 6.07) is 3.51. The van der Waals surface area contributed by atoms with Crippen molar-refractivity contribution in [3.8, 4) is 0 Å². The van der Waals surface area contributed by atoms with E-state index in [1.807, 2.05) is 13.0 Å². The van der Waals surface area contributed by atoms with E-state index in [4.69, 9.17) is 11.6 Å². The molecule has 0 aliphatic carbocycles. The third-order valence-electron chi connectivity index (χ3n) is 2.12. The SMILES string of the molecule is Cc1ccc(Nc2ncnc(Cl)c2[N+](=O)[O-])nc1. The molecule has 2 rings (SSSR count). The van der Waals surface area contributed by atoms with Crippen molar-refractivity contribution >= 4 is 28.9 Å². The summed E-state index contributed by atoms with van der Waals surface area (Å²) in [4.78, 5) is 21.7. The van der Waals surface area contributed by atoms with Crippen LogP contribution >= 0.6 is 11.6 Å². The van der Waals surface area contributed by atoms with Crippen LogP contribution in [0.25, 0.3) is 0 Å². The van der Waals surface area contributed by atoms with Crippen molar-refractivity contribution < 1.29 is 4.92 Å². The second kappa shape index (κ2) is 4.92. The first-order valence-electron chi connectivity index (χ1n) is 4.92. The predicted octanol–water partition coefficient (Wildman–Crippen LogP) is 2.49. The molecule has 0 saturated heterocycles. The molecule has 0 aliphatic rings. The fourth-order valence-electron chi connectivity index (χ4n) is 1.27. The van der Waals surface area contributed by atoms with Gasteiger partial charge in [0.05, 0.1) is 4.92 Å². The summed E-state index contributed by atoms with van der Waals surface area (Å²) in [5.41, 5.74) is 0.609. The molecule has 0 aromatic carbocycles. The Morgan fingerprint density at radius 1 is 1.33 bits per heavy atom. The van der Waals surface area contributed by atoms with Gasteiger partial charge in [-0.25, -0.2) is 15.0 Å². The Kier molecular flexibility index (Phi) is 3.33. The molecule has 1 N–H and O–H groups in total. The standard InChI is InChI=1S/C10H8ClN5O2/c1-6-2-3-7(12-4-6)15-10-8(16(17)18)9(11)13-5-14-10/h2-5H,1H3,(H,12,13,14,15). The lowest BCUT2D eigenvalue weighted by molar-refractivity contribution is -0.384. The zero-order chi connectivity index (χ0) is 13.1. The van der Waals surface area contributed by atoms with Crippen molar-refractivity contribution in [2.24, 2.45) is 0 Å². The quantitative estimate of drug-likeness (QED) is 0.520. The van der Waals surface area contributed by atoms with Gasteiger partial charge < -0.3 is 5.32 Å². The number of halogens is 1. The first-order valence-corrected chi connectivity index (χ1v) is 5.30. The molecule has 8 heteroatoms. The first-order chi connectivity index (χ1) is 8.58. The lowest BCUT2D eigenvalue weighted by Gasteiger charge is -2.05. The van der Waals surface area contributed by atoms with Crippen LogP contribution in [-0.4, -0.2) is 19.9 Å². The van der Waals surface area contributed by atoms with Gasteiger partial charge in [0.15, 0.2) is 0 Å². The largest absolute Gasteiger partial charge is 0.348 e. The molecule has 2 aromatic heterocycles. The zero-order valence-corrected chi connectivity index (χ0v) is 10.0. The van der Waals surface area contributed by atoms with E-state index in [2.05, 4.69) is 20.3 Å². The molecule has 2 heterocycles. The molecular weight excluding hydrogens is 258 g/mol. The minimum absolute atomic E-state index is 0.0105. The van der Waals surface area contributed by atoms with Crippen molar-refractivity contribution in [1.82, 2.24) is 15.0 Å². The third kappa shape index (κ3) is 2.51. The van der Waals surface area contributed by atoms with E-state index in [9.17, 15) is 10.1 Å². The Labute approximate surface area is 107 Å². The number of aromatic nitrogens is 3. The van der Waals surface area contributed by atoms with Gasteiger partial charge in [0, 0.05) is 6.20 Å². The number of hydrogen-bond donors (Lipinski definition) is 1. The number of rotatable bonds is 3. The highest BCUT2D eigenvalue weighted by Gasteiger charge is 2.21. The number of nitrogens with one attached hydrogen (secondary N) is 1. The molecule has 0 radical (unpaired) electrons. The molecule has 0 fully saturated rings. The molecular formula is C10H8ClN5O2. The topological polar surface area (TPSA) is 93.8 Å². The third-order valence-corrected chi connectivity index (χ3v) is 2.39. The molecule has 0 bridgehead atoms. The van der Waals surface area contributed by atoms with Crippen molar-refractivity contribution in [3.05, 3.63) is 45.5 Å². The fraction of sp³-hybridized carbons (Fsp3) is 0.100. The average Bonchev–Trinajstić information content (AvgIpc) is 2.32. The summed E-state index contributed by atoms with van der Waals surface area (Å²) >= 11 is 5.66. The number of nitro groups is 1. The maximum absolute atomic E-state index is 10.9. The van der Waals surface area contributed by atoms with Gasteiger partial charge >= 0.3 is 5.69 Å². The van der Waals surface area contributed by atoms with E-state index in [1.165, 1.54) is 0 Å². The second-order valence-electron chi connectivity index (χ2n) is 3.46. The summed E-state index contributed by atoms with van der Waals surface area (Å²) in [5.74, 6) is 0.454. The fourth-order valence-corrected chi connectivity index (χ4v) is 1.48. The van der Waals surface area contributed by atoms with Gasteiger partial charge in [0.1, 0.15) is 12.1 Å². The molecule has 0 amide bonds. The second-order valence-corrected chi connectivity index (χ2v) is 3.82. The molecule has 0 aliphatic heterocycles. The van der Waals surface area contributed by atoms with Gasteiger partial charge in [-0.15, -0.1) is 0 Å². The Balaban J connectivity index is 2.37. The first kappa shape index (κ1) is 12.2. The Morgan fingerprint density at radius 2 is 2.11 bits per heavy atom. The van der Waals surface area contributed by atoms with E-state index >= 15 is 0 Å². The molecule has 92 valence electrons. The lowest BCUT2D eigenvalue weighted by atomic mass is 10.3. The van der Waals surface area contributed by atoms with Crippen LogP contribution in [0.2, 0.25) is 5.15 Å². The summed E-state index contributed by atoms with van der Waals surface area (Å²) in [5, 5.41) is 13.4. The zero-order valence-electron chi connectivity index (χ0n) is 9.29. The van der Waals surface area contributed by atoms with Crippen LogP contribution in [0.4, 0.5) is 17.3 Å². The summed E-state index contributed by atoms with van der Waals surface area (Å²) < 4.78 is 0. The highest BCUT2D eigenvalue weighted by atomic mass is 35.5. The maximum Gasteiger partial charge on any atom is 0.348 e. The number of anilines is 2. The number of aryl methyl sites for hydroxylation is 1. The van der Waals surface area contributed by atoms with Gasteiger partial charge in [-0.05, 0) is 18.6 Å². The molecule has 7 nitrogen and oxygen atoms in total. The number of pyridine rings is 1. The predicted molar refractivity (Wildman–Crippen MR) is 66.0 cm³/mol. The van der Waals surface area contributed by atoms with E-state index < -0.39 is 4.92 Å². The smallest absolute Gasteiger partial charge is 0.319 e. The van der Waals surface area contributed by atoms with Crippen molar-refractivity contribution in [3.63, 3.8) is 0 Å². The van der Waals surface area contributed by atoms with Crippen LogP contribution in [0.15, 0.2) is 24.7 Å². The van der Waals surface area contributed by atoms with E-state index in [-0.39, 0.29) is 16.7 Å². The normalized spacial score (nSPS) is 10.1. The van der Waals surface area contributed by atoms with E-state index in [0.717, 1.165) is 11.9 Å². The Morgan fingerprint density at radius 3 is 2.72 bits per heavy atom. The van der Waals surface area contributed by atoms with Crippen molar-refractivity contribution in [2.75, 3.05) is 5.32 Å². The summed E-state index contributed by atoms with van der Waals surface area (Å²) in [6.07, 6.45) is 2.78. The Bertz CT molecular complexity index is 587. The van der Waals surface area contributed by atoms with Gasteiger partial charge in [-0.1, -0.05) is 17.7 Å². The molecule has 0 atom stereocenters.